The summed E-state index contributed by atoms with van der Waals surface area (Å²) in [5.74, 6) is -0.680. The van der Waals surface area contributed by atoms with E-state index in [1.54, 1.807) is 36.4 Å². The van der Waals surface area contributed by atoms with Crippen molar-refractivity contribution >= 4 is 12.1 Å². The summed E-state index contributed by atoms with van der Waals surface area (Å²) >= 11 is 0. The molecule has 2 aromatic carbocycles. The first-order valence-electron chi connectivity index (χ1n) is 6.65. The number of nitrogens with one attached hydrogen (secondary N) is 1. The van der Waals surface area contributed by atoms with E-state index < -0.39 is 0 Å². The fourth-order valence-electron chi connectivity index (χ4n) is 1.82. The Morgan fingerprint density at radius 3 is 2.52 bits per heavy atom. The highest BCUT2D eigenvalue weighted by molar-refractivity contribution is 5.95. The zero-order valence-corrected chi connectivity index (χ0v) is 11.8. The minimum Gasteiger partial charge on any atom is -0.267 e. The highest BCUT2D eigenvalue weighted by atomic mass is 19.1. The van der Waals surface area contributed by atoms with Crippen molar-refractivity contribution in [3.05, 3.63) is 71.8 Å². The van der Waals surface area contributed by atoms with Crippen molar-refractivity contribution in [3.63, 3.8) is 0 Å². The van der Waals surface area contributed by atoms with Crippen molar-refractivity contribution in [3.8, 4) is 5.69 Å². The molecule has 23 heavy (non-hydrogen) atoms. The van der Waals surface area contributed by atoms with E-state index in [0.29, 0.717) is 11.1 Å². The van der Waals surface area contributed by atoms with Crippen LogP contribution in [0.15, 0.2) is 60.0 Å². The second kappa shape index (κ2) is 6.56. The number of benzene rings is 2. The van der Waals surface area contributed by atoms with Gasteiger partial charge in [-0.05, 0) is 52.4 Å². The second-order valence-corrected chi connectivity index (χ2v) is 4.55. The lowest BCUT2D eigenvalue weighted by Crippen LogP contribution is -2.17. The molecule has 0 aliphatic heterocycles. The van der Waals surface area contributed by atoms with Gasteiger partial charge in [0, 0.05) is 5.56 Å². The van der Waals surface area contributed by atoms with Gasteiger partial charge in [0.1, 0.15) is 12.1 Å². The molecule has 0 radical (unpaired) electrons. The van der Waals surface area contributed by atoms with Crippen LogP contribution in [-0.4, -0.2) is 32.3 Å². The number of carbonyl (C=O) groups is 1. The molecule has 0 atom stereocenters. The molecule has 0 saturated carbocycles. The van der Waals surface area contributed by atoms with Gasteiger partial charge in [-0.3, -0.25) is 4.79 Å². The predicted octanol–water partition coefficient (Wildman–Crippen LogP) is 1.57. The van der Waals surface area contributed by atoms with Crippen LogP contribution < -0.4 is 5.43 Å². The van der Waals surface area contributed by atoms with Gasteiger partial charge in [-0.2, -0.15) is 5.10 Å². The van der Waals surface area contributed by atoms with Gasteiger partial charge >= 0.3 is 0 Å². The van der Waals surface area contributed by atoms with Gasteiger partial charge in [-0.1, -0.05) is 12.1 Å². The number of halogens is 1. The summed E-state index contributed by atoms with van der Waals surface area (Å²) in [6, 6.07) is 12.5. The zero-order valence-electron chi connectivity index (χ0n) is 11.8. The van der Waals surface area contributed by atoms with E-state index in [2.05, 4.69) is 26.1 Å². The van der Waals surface area contributed by atoms with E-state index in [0.717, 1.165) is 5.69 Å². The molecule has 0 bridgehead atoms. The predicted molar refractivity (Wildman–Crippen MR) is 80.6 cm³/mol. The van der Waals surface area contributed by atoms with Gasteiger partial charge in [-0.25, -0.2) is 14.5 Å². The lowest BCUT2D eigenvalue weighted by Gasteiger charge is -2.02. The summed E-state index contributed by atoms with van der Waals surface area (Å²) in [5, 5.41) is 14.7. The topological polar surface area (TPSA) is 85.1 Å². The third kappa shape index (κ3) is 3.62. The minimum absolute atomic E-state index is 0.325. The molecule has 7 nitrogen and oxygen atoms in total. The molecule has 1 N–H and O–H groups in total. The number of rotatable bonds is 4. The largest absolute Gasteiger partial charge is 0.271 e. The second-order valence-electron chi connectivity index (χ2n) is 4.55. The highest BCUT2D eigenvalue weighted by Gasteiger charge is 2.05. The normalized spacial score (nSPS) is 10.8. The fraction of sp³-hybridized carbons (Fsp3) is 0. The lowest BCUT2D eigenvalue weighted by molar-refractivity contribution is 0.0955. The Bertz CT molecular complexity index is 812. The molecule has 0 aliphatic carbocycles. The minimum atomic E-state index is -0.355. The Hall–Kier alpha value is -3.42. The molecular weight excluding hydrogens is 299 g/mol. The summed E-state index contributed by atoms with van der Waals surface area (Å²) in [5.41, 5.74) is 4.27. The first-order valence-corrected chi connectivity index (χ1v) is 6.65. The van der Waals surface area contributed by atoms with Crippen LogP contribution >= 0.6 is 0 Å². The third-order valence-electron chi connectivity index (χ3n) is 2.99. The molecule has 3 rings (SSSR count). The summed E-state index contributed by atoms with van der Waals surface area (Å²) in [6.45, 7) is 0. The van der Waals surface area contributed by atoms with Gasteiger partial charge in [0.25, 0.3) is 5.91 Å². The van der Waals surface area contributed by atoms with Crippen molar-refractivity contribution in [1.29, 1.82) is 0 Å². The van der Waals surface area contributed by atoms with Crippen LogP contribution in [0.1, 0.15) is 15.9 Å². The molecule has 0 aliphatic rings. The standard InChI is InChI=1S/C15H11FN6O/c16-13-5-1-11(2-6-13)9-17-19-15(23)12-3-7-14(8-4-12)22-10-18-20-21-22/h1-10H,(H,19,23)/b17-9+. The molecule has 3 aromatic rings. The Balaban J connectivity index is 1.63. The van der Waals surface area contributed by atoms with Crippen LogP contribution in [0, 0.1) is 5.82 Å². The summed E-state index contributed by atoms with van der Waals surface area (Å²) < 4.78 is 14.2. The third-order valence-corrected chi connectivity index (χ3v) is 2.99. The Labute approximate surface area is 130 Å². The SMILES string of the molecule is O=C(N/N=C/c1ccc(F)cc1)c1ccc(-n2cnnn2)cc1. The molecule has 8 heteroatoms. The fourth-order valence-corrected chi connectivity index (χ4v) is 1.82. The van der Waals surface area contributed by atoms with E-state index in [4.69, 9.17) is 0 Å². The van der Waals surface area contributed by atoms with Crippen molar-refractivity contribution in [1.82, 2.24) is 25.6 Å². The monoisotopic (exact) mass is 310 g/mol. The number of hydrogen-bond donors (Lipinski definition) is 1. The van der Waals surface area contributed by atoms with Gasteiger partial charge in [0.15, 0.2) is 0 Å². The summed E-state index contributed by atoms with van der Waals surface area (Å²) in [6.07, 6.45) is 2.90. The maximum absolute atomic E-state index is 12.8. The zero-order chi connectivity index (χ0) is 16.1. The van der Waals surface area contributed by atoms with Crippen LogP contribution in [0.4, 0.5) is 4.39 Å². The first kappa shape index (κ1) is 14.5. The number of amides is 1. The molecule has 1 aromatic heterocycles. The van der Waals surface area contributed by atoms with E-state index in [9.17, 15) is 9.18 Å². The maximum Gasteiger partial charge on any atom is 0.271 e. The number of hydrogen-bond acceptors (Lipinski definition) is 5. The number of nitrogens with zero attached hydrogens (tertiary/aromatic N) is 5. The molecule has 0 fully saturated rings. The van der Waals surface area contributed by atoms with E-state index in [-0.39, 0.29) is 11.7 Å². The molecular formula is C15H11FN6O. The van der Waals surface area contributed by atoms with Crippen molar-refractivity contribution in [2.24, 2.45) is 5.10 Å². The summed E-state index contributed by atoms with van der Waals surface area (Å²) in [7, 11) is 0. The van der Waals surface area contributed by atoms with Crippen LogP contribution in [0.25, 0.3) is 5.69 Å². The molecule has 0 spiro atoms. The quantitative estimate of drug-likeness (QED) is 0.585. The van der Waals surface area contributed by atoms with Crippen LogP contribution in [0.3, 0.4) is 0 Å². The van der Waals surface area contributed by atoms with Crippen LogP contribution in [0.5, 0.6) is 0 Å². The van der Waals surface area contributed by atoms with Crippen LogP contribution in [0.2, 0.25) is 0 Å². The maximum atomic E-state index is 12.8. The van der Waals surface area contributed by atoms with Crippen LogP contribution in [-0.2, 0) is 0 Å². The molecule has 114 valence electrons. The van der Waals surface area contributed by atoms with Crippen molar-refractivity contribution in [2.75, 3.05) is 0 Å². The lowest BCUT2D eigenvalue weighted by atomic mass is 10.2. The van der Waals surface area contributed by atoms with E-state index >= 15 is 0 Å². The molecule has 0 saturated heterocycles. The Morgan fingerprint density at radius 2 is 1.87 bits per heavy atom. The number of carbonyl (C=O) groups excluding carboxylic acids is 1. The molecule has 1 amide bonds. The number of tetrazole rings is 1. The average molecular weight is 310 g/mol. The number of aromatic nitrogens is 4. The van der Waals surface area contributed by atoms with Gasteiger partial charge in [0.2, 0.25) is 0 Å². The van der Waals surface area contributed by atoms with Gasteiger partial charge in [0.05, 0.1) is 11.9 Å². The average Bonchev–Trinajstić information content (AvgIpc) is 3.11. The Morgan fingerprint density at radius 1 is 1.13 bits per heavy atom. The first-order chi connectivity index (χ1) is 11.2. The van der Waals surface area contributed by atoms with Gasteiger partial charge < -0.3 is 0 Å². The smallest absolute Gasteiger partial charge is 0.267 e. The van der Waals surface area contributed by atoms with E-state index in [1.807, 2.05) is 0 Å². The molecule has 0 unspecified atom stereocenters. The highest BCUT2D eigenvalue weighted by Crippen LogP contribution is 2.07. The number of hydrazone groups is 1. The van der Waals surface area contributed by atoms with E-state index in [1.165, 1.54) is 29.4 Å². The van der Waals surface area contributed by atoms with Crippen molar-refractivity contribution in [2.45, 2.75) is 0 Å². The molecule has 1 heterocycles. The van der Waals surface area contributed by atoms with Crippen molar-refractivity contribution < 1.29 is 9.18 Å². The Kier molecular flexibility index (Phi) is 4.14. The summed E-state index contributed by atoms with van der Waals surface area (Å²) in [4.78, 5) is 12.0. The van der Waals surface area contributed by atoms with Gasteiger partial charge in [-0.15, -0.1) is 5.10 Å².